The molecule has 2 N–H and O–H groups in total. The number of ether oxygens (including phenoxy) is 1. The van der Waals surface area contributed by atoms with Gasteiger partial charge in [-0.25, -0.2) is 4.98 Å². The van der Waals surface area contributed by atoms with Crippen LogP contribution in [-0.2, 0) is 6.42 Å². The summed E-state index contributed by atoms with van der Waals surface area (Å²) in [5.41, 5.74) is 8.60. The summed E-state index contributed by atoms with van der Waals surface area (Å²) >= 11 is 12.1. The van der Waals surface area contributed by atoms with Gasteiger partial charge in [0.1, 0.15) is 5.82 Å². The highest BCUT2D eigenvalue weighted by Gasteiger charge is 2.10. The molecule has 3 rings (SSSR count). The fourth-order valence-corrected chi connectivity index (χ4v) is 2.96. The SMILES string of the molecule is Cc1nc2c(OCCCc3ccc(Cl)cc3Cl)cccn2c1N. The van der Waals surface area contributed by atoms with Crippen LogP contribution >= 0.6 is 23.2 Å². The van der Waals surface area contributed by atoms with Crippen LogP contribution in [-0.4, -0.2) is 16.0 Å². The van der Waals surface area contributed by atoms with Gasteiger partial charge in [0.05, 0.1) is 12.3 Å². The fraction of sp³-hybridized carbons (Fsp3) is 0.235. The molecule has 0 unspecified atom stereocenters. The molecule has 0 atom stereocenters. The second kappa shape index (κ2) is 6.69. The molecule has 3 aromatic rings. The monoisotopic (exact) mass is 349 g/mol. The van der Waals surface area contributed by atoms with Crippen molar-refractivity contribution < 1.29 is 4.74 Å². The van der Waals surface area contributed by atoms with Crippen LogP contribution in [0.5, 0.6) is 5.75 Å². The van der Waals surface area contributed by atoms with Gasteiger partial charge in [0.15, 0.2) is 11.4 Å². The number of pyridine rings is 1. The number of fused-ring (bicyclic) bond motifs is 1. The molecule has 0 aliphatic heterocycles. The van der Waals surface area contributed by atoms with Crippen LogP contribution in [0.3, 0.4) is 0 Å². The number of hydrogen-bond acceptors (Lipinski definition) is 3. The zero-order valence-corrected chi connectivity index (χ0v) is 14.2. The van der Waals surface area contributed by atoms with Crippen molar-refractivity contribution in [3.63, 3.8) is 0 Å². The molecule has 6 heteroatoms. The molecular formula is C17H17Cl2N3O. The zero-order chi connectivity index (χ0) is 16.4. The van der Waals surface area contributed by atoms with Gasteiger partial charge in [-0.3, -0.25) is 4.40 Å². The Labute approximate surface area is 144 Å². The Morgan fingerprint density at radius 1 is 1.26 bits per heavy atom. The molecule has 23 heavy (non-hydrogen) atoms. The second-order valence-electron chi connectivity index (χ2n) is 5.34. The minimum atomic E-state index is 0.574. The molecular weight excluding hydrogens is 333 g/mol. The fourth-order valence-electron chi connectivity index (χ4n) is 2.46. The molecule has 0 aliphatic carbocycles. The number of anilines is 1. The van der Waals surface area contributed by atoms with E-state index in [2.05, 4.69) is 4.98 Å². The number of imidazole rings is 1. The van der Waals surface area contributed by atoms with Crippen LogP contribution in [0, 0.1) is 6.92 Å². The minimum absolute atomic E-state index is 0.574. The van der Waals surface area contributed by atoms with Crippen LogP contribution in [0.15, 0.2) is 36.5 Å². The van der Waals surface area contributed by atoms with Gasteiger partial charge in [0, 0.05) is 16.2 Å². The van der Waals surface area contributed by atoms with Gasteiger partial charge in [-0.1, -0.05) is 29.3 Å². The number of aryl methyl sites for hydroxylation is 2. The summed E-state index contributed by atoms with van der Waals surface area (Å²) < 4.78 is 7.70. The Morgan fingerprint density at radius 3 is 2.87 bits per heavy atom. The van der Waals surface area contributed by atoms with Gasteiger partial charge >= 0.3 is 0 Å². The van der Waals surface area contributed by atoms with Crippen LogP contribution in [0.25, 0.3) is 5.65 Å². The molecule has 120 valence electrons. The Hall–Kier alpha value is -1.91. The molecule has 2 heterocycles. The third kappa shape index (κ3) is 3.38. The first-order valence-electron chi connectivity index (χ1n) is 7.36. The number of halogens is 2. The second-order valence-corrected chi connectivity index (χ2v) is 6.18. The molecule has 0 saturated heterocycles. The van der Waals surface area contributed by atoms with E-state index in [4.69, 9.17) is 33.7 Å². The summed E-state index contributed by atoms with van der Waals surface area (Å²) in [7, 11) is 0. The lowest BCUT2D eigenvalue weighted by molar-refractivity contribution is 0.313. The van der Waals surface area contributed by atoms with Gasteiger partial charge in [0.2, 0.25) is 0 Å². The van der Waals surface area contributed by atoms with Crippen molar-refractivity contribution in [2.24, 2.45) is 0 Å². The number of nitrogens with two attached hydrogens (primary N) is 1. The van der Waals surface area contributed by atoms with E-state index in [1.807, 2.05) is 41.8 Å². The number of nitrogens with zero attached hydrogens (tertiary/aromatic N) is 2. The van der Waals surface area contributed by atoms with E-state index >= 15 is 0 Å². The quantitative estimate of drug-likeness (QED) is 0.687. The van der Waals surface area contributed by atoms with E-state index in [-0.39, 0.29) is 0 Å². The first-order valence-corrected chi connectivity index (χ1v) is 8.11. The summed E-state index contributed by atoms with van der Waals surface area (Å²) in [6.07, 6.45) is 3.55. The van der Waals surface area contributed by atoms with Gasteiger partial charge in [-0.05, 0) is 49.6 Å². The van der Waals surface area contributed by atoms with Crippen molar-refractivity contribution in [3.05, 3.63) is 57.8 Å². The van der Waals surface area contributed by atoms with Crippen molar-refractivity contribution in [1.29, 1.82) is 0 Å². The predicted octanol–water partition coefficient (Wildman–Crippen LogP) is 4.54. The topological polar surface area (TPSA) is 52.5 Å². The van der Waals surface area contributed by atoms with Gasteiger partial charge in [0.25, 0.3) is 0 Å². The van der Waals surface area contributed by atoms with Gasteiger partial charge in [-0.2, -0.15) is 0 Å². The maximum Gasteiger partial charge on any atom is 0.181 e. The maximum absolute atomic E-state index is 6.17. The van der Waals surface area contributed by atoms with E-state index in [1.54, 1.807) is 6.07 Å². The average molecular weight is 350 g/mol. The number of rotatable bonds is 5. The Bertz CT molecular complexity index is 845. The average Bonchev–Trinajstić information content (AvgIpc) is 2.82. The lowest BCUT2D eigenvalue weighted by Gasteiger charge is -2.08. The summed E-state index contributed by atoms with van der Waals surface area (Å²) in [4.78, 5) is 4.45. The highest BCUT2D eigenvalue weighted by molar-refractivity contribution is 6.35. The Balaban J connectivity index is 1.64. The molecule has 1 aromatic carbocycles. The van der Waals surface area contributed by atoms with Crippen LogP contribution in [0.4, 0.5) is 5.82 Å². The van der Waals surface area contributed by atoms with Crippen LogP contribution in [0.2, 0.25) is 10.0 Å². The van der Waals surface area contributed by atoms with Crippen LogP contribution in [0.1, 0.15) is 17.7 Å². The highest BCUT2D eigenvalue weighted by Crippen LogP contribution is 2.24. The summed E-state index contributed by atoms with van der Waals surface area (Å²) in [6.45, 7) is 2.46. The van der Waals surface area contributed by atoms with Crippen molar-refractivity contribution in [1.82, 2.24) is 9.38 Å². The molecule has 0 saturated carbocycles. The van der Waals surface area contributed by atoms with Crippen molar-refractivity contribution in [2.75, 3.05) is 12.3 Å². The number of nitrogen functional groups attached to an aromatic ring is 1. The molecule has 0 amide bonds. The standard InChI is InChI=1S/C17H17Cl2N3O/c1-11-16(20)22-8-2-5-15(17(22)21-11)23-9-3-4-12-6-7-13(18)10-14(12)19/h2,5-8,10H,3-4,9,20H2,1H3. The molecule has 0 bridgehead atoms. The highest BCUT2D eigenvalue weighted by atomic mass is 35.5. The van der Waals surface area contributed by atoms with Gasteiger partial charge < -0.3 is 10.5 Å². The first kappa shape index (κ1) is 16.0. The Kier molecular flexibility index (Phi) is 4.64. The molecule has 0 fully saturated rings. The lowest BCUT2D eigenvalue weighted by Crippen LogP contribution is -2.02. The number of aromatic nitrogens is 2. The van der Waals surface area contributed by atoms with E-state index in [9.17, 15) is 0 Å². The third-order valence-electron chi connectivity index (χ3n) is 3.70. The molecule has 4 nitrogen and oxygen atoms in total. The van der Waals surface area contributed by atoms with Gasteiger partial charge in [-0.15, -0.1) is 0 Å². The molecule has 0 radical (unpaired) electrons. The zero-order valence-electron chi connectivity index (χ0n) is 12.7. The molecule has 0 aliphatic rings. The smallest absolute Gasteiger partial charge is 0.181 e. The lowest BCUT2D eigenvalue weighted by atomic mass is 10.1. The summed E-state index contributed by atoms with van der Waals surface area (Å²) in [5.74, 6) is 1.37. The number of hydrogen-bond donors (Lipinski definition) is 1. The van der Waals surface area contributed by atoms with Crippen molar-refractivity contribution in [2.45, 2.75) is 19.8 Å². The van der Waals surface area contributed by atoms with E-state index in [0.717, 1.165) is 35.5 Å². The van der Waals surface area contributed by atoms with Crippen molar-refractivity contribution >= 4 is 34.7 Å². The number of benzene rings is 1. The minimum Gasteiger partial charge on any atom is -0.490 e. The first-order chi connectivity index (χ1) is 11.1. The molecule has 2 aromatic heterocycles. The van der Waals surface area contributed by atoms with E-state index in [0.29, 0.717) is 22.5 Å². The van der Waals surface area contributed by atoms with E-state index < -0.39 is 0 Å². The maximum atomic E-state index is 6.17. The van der Waals surface area contributed by atoms with Crippen LogP contribution < -0.4 is 10.5 Å². The van der Waals surface area contributed by atoms with E-state index in [1.165, 1.54) is 0 Å². The summed E-state index contributed by atoms with van der Waals surface area (Å²) in [6, 6.07) is 9.35. The largest absolute Gasteiger partial charge is 0.490 e. The summed E-state index contributed by atoms with van der Waals surface area (Å²) in [5, 5.41) is 1.34. The predicted molar refractivity (Wildman–Crippen MR) is 94.6 cm³/mol. The molecule has 0 spiro atoms. The Morgan fingerprint density at radius 2 is 2.09 bits per heavy atom. The normalized spacial score (nSPS) is 11.1. The van der Waals surface area contributed by atoms with Crippen molar-refractivity contribution in [3.8, 4) is 5.75 Å². The third-order valence-corrected chi connectivity index (χ3v) is 4.29.